The van der Waals surface area contributed by atoms with Crippen molar-refractivity contribution in [2.45, 2.75) is 24.0 Å². The first-order valence-corrected chi connectivity index (χ1v) is 10.2. The third-order valence-corrected chi connectivity index (χ3v) is 5.91. The molecule has 0 radical (unpaired) electrons. The smallest absolute Gasteiger partial charge is 0.330 e. The van der Waals surface area contributed by atoms with Crippen molar-refractivity contribution in [2.24, 2.45) is 7.05 Å². The van der Waals surface area contributed by atoms with Crippen molar-refractivity contribution in [2.75, 3.05) is 18.6 Å². The van der Waals surface area contributed by atoms with Gasteiger partial charge in [0.2, 0.25) is 0 Å². The van der Waals surface area contributed by atoms with Gasteiger partial charge in [-0.3, -0.25) is 19.1 Å². The van der Waals surface area contributed by atoms with Crippen LogP contribution in [0.3, 0.4) is 0 Å². The number of nitrogens with one attached hydrogen (secondary N) is 1. The summed E-state index contributed by atoms with van der Waals surface area (Å²) < 4.78 is 8.21. The zero-order valence-corrected chi connectivity index (χ0v) is 17.2. The van der Waals surface area contributed by atoms with Crippen LogP contribution in [0.1, 0.15) is 29.2 Å². The number of hydrogen-bond donors (Lipinski definition) is 2. The van der Waals surface area contributed by atoms with Gasteiger partial charge in [0.05, 0.1) is 12.9 Å². The maximum atomic E-state index is 12.7. The molecule has 30 heavy (non-hydrogen) atoms. The lowest BCUT2D eigenvalue weighted by atomic mass is 10.2. The molecule has 1 aromatic carbocycles. The summed E-state index contributed by atoms with van der Waals surface area (Å²) in [6, 6.07) is 7.32. The van der Waals surface area contributed by atoms with Crippen LogP contribution in [0, 0.1) is 0 Å². The molecule has 156 valence electrons. The number of anilines is 1. The first-order chi connectivity index (χ1) is 14.4. The molecule has 11 heteroatoms. The number of aromatic amines is 1. The minimum absolute atomic E-state index is 0.0562. The molecule has 1 fully saturated rings. The Hall–Kier alpha value is -3.34. The molecule has 0 spiro atoms. The monoisotopic (exact) mass is 428 g/mol. The quantitative estimate of drug-likeness (QED) is 0.423. The number of H-pyrrole nitrogens is 1. The first kappa shape index (κ1) is 20.0. The fourth-order valence-corrected chi connectivity index (χ4v) is 3.95. The van der Waals surface area contributed by atoms with E-state index >= 15 is 0 Å². The normalized spacial score (nSPS) is 13.4. The summed E-state index contributed by atoms with van der Waals surface area (Å²) in [4.78, 5) is 39.1. The highest BCUT2D eigenvalue weighted by molar-refractivity contribution is 7.99. The molecule has 0 aliphatic heterocycles. The van der Waals surface area contributed by atoms with E-state index in [0.717, 1.165) is 35.9 Å². The Morgan fingerprint density at radius 3 is 2.60 bits per heavy atom. The van der Waals surface area contributed by atoms with E-state index in [0.29, 0.717) is 11.0 Å². The molecule has 0 amide bonds. The molecule has 0 saturated heterocycles. The maximum Gasteiger partial charge on any atom is 0.330 e. The van der Waals surface area contributed by atoms with Gasteiger partial charge in [-0.25, -0.2) is 4.79 Å². The number of methoxy groups -OCH3 is 1. The van der Waals surface area contributed by atoms with Gasteiger partial charge >= 0.3 is 5.69 Å². The summed E-state index contributed by atoms with van der Waals surface area (Å²) in [5, 5.41) is 8.84. The van der Waals surface area contributed by atoms with Crippen molar-refractivity contribution in [1.82, 2.24) is 24.3 Å². The van der Waals surface area contributed by atoms with Crippen LogP contribution < -0.4 is 21.7 Å². The Morgan fingerprint density at radius 2 is 1.97 bits per heavy atom. The molecule has 0 atom stereocenters. The van der Waals surface area contributed by atoms with E-state index in [1.165, 1.54) is 4.57 Å². The lowest BCUT2D eigenvalue weighted by Gasteiger charge is -2.11. The third-order valence-electron chi connectivity index (χ3n) is 4.89. The lowest BCUT2D eigenvalue weighted by molar-refractivity contribution is 0.102. The molecule has 1 saturated carbocycles. The summed E-state index contributed by atoms with van der Waals surface area (Å²) in [5.41, 5.74) is 5.31. The summed E-state index contributed by atoms with van der Waals surface area (Å²) in [6.45, 7) is 0. The van der Waals surface area contributed by atoms with Crippen LogP contribution in [0.5, 0.6) is 5.75 Å². The van der Waals surface area contributed by atoms with E-state index in [9.17, 15) is 14.4 Å². The Labute approximate surface area is 175 Å². The number of Topliss-reactive ketones (excluding diaryl/α,β-unsaturated/α-hetero) is 1. The average molecular weight is 428 g/mol. The standard InChI is InChI=1S/C19H20N6O4S/c1-24-16(10-3-7-12(29-2)8-4-10)22-23-19(24)30-9-13(26)14-15(20)25(11-5-6-11)18(28)21-17(14)27/h3-4,7-8,11H,5-6,9,20H2,1-2H3,(H,21,27,28). The van der Waals surface area contributed by atoms with Crippen molar-refractivity contribution in [3.8, 4) is 17.1 Å². The molecule has 0 bridgehead atoms. The number of rotatable bonds is 7. The number of carbonyl (C=O) groups is 1. The molecule has 0 unspecified atom stereocenters. The zero-order chi connectivity index (χ0) is 21.4. The summed E-state index contributed by atoms with van der Waals surface area (Å²) in [6.07, 6.45) is 1.59. The number of ketones is 1. The van der Waals surface area contributed by atoms with Crippen molar-refractivity contribution in [3.63, 3.8) is 0 Å². The molecule has 4 rings (SSSR count). The Bertz CT molecular complexity index is 1220. The van der Waals surface area contributed by atoms with Crippen molar-refractivity contribution < 1.29 is 9.53 Å². The summed E-state index contributed by atoms with van der Waals surface area (Å²) in [5.74, 6) is 0.754. The van der Waals surface area contributed by atoms with Gasteiger partial charge in [0, 0.05) is 18.7 Å². The van der Waals surface area contributed by atoms with Crippen molar-refractivity contribution in [3.05, 3.63) is 50.7 Å². The predicted molar refractivity (Wildman–Crippen MR) is 112 cm³/mol. The first-order valence-electron chi connectivity index (χ1n) is 9.24. The maximum absolute atomic E-state index is 12.7. The van der Waals surface area contributed by atoms with Crippen LogP contribution in [0.25, 0.3) is 11.4 Å². The number of aromatic nitrogens is 5. The van der Waals surface area contributed by atoms with Crippen molar-refractivity contribution in [1.29, 1.82) is 0 Å². The number of thioether (sulfide) groups is 1. The molecular formula is C19H20N6O4S. The molecule has 10 nitrogen and oxygen atoms in total. The van der Waals surface area contributed by atoms with E-state index in [-0.39, 0.29) is 23.2 Å². The Morgan fingerprint density at radius 1 is 1.27 bits per heavy atom. The second-order valence-corrected chi connectivity index (χ2v) is 7.87. The SMILES string of the molecule is COc1ccc(-c2nnc(SCC(=O)c3c(N)n(C4CC4)c(=O)[nH]c3=O)n2C)cc1. The summed E-state index contributed by atoms with van der Waals surface area (Å²) >= 11 is 1.14. The second-order valence-electron chi connectivity index (χ2n) is 6.93. The van der Waals surface area contributed by atoms with Gasteiger partial charge in [-0.1, -0.05) is 11.8 Å². The largest absolute Gasteiger partial charge is 0.497 e. The Kier molecular flexibility index (Phi) is 5.20. The molecule has 2 aromatic heterocycles. The second kappa shape index (κ2) is 7.82. The predicted octanol–water partition coefficient (Wildman–Crippen LogP) is 1.23. The third kappa shape index (κ3) is 3.63. The van der Waals surface area contributed by atoms with Crippen LogP contribution in [0.15, 0.2) is 39.0 Å². The molecule has 1 aliphatic rings. The van der Waals surface area contributed by atoms with Gasteiger partial charge in [-0.15, -0.1) is 10.2 Å². The molecule has 3 aromatic rings. The van der Waals surface area contributed by atoms with Crippen molar-refractivity contribution >= 4 is 23.4 Å². The minimum Gasteiger partial charge on any atom is -0.497 e. The van der Waals surface area contributed by atoms with Crippen LogP contribution in [-0.2, 0) is 7.05 Å². The Balaban J connectivity index is 1.54. The highest BCUT2D eigenvalue weighted by Gasteiger charge is 2.30. The average Bonchev–Trinajstić information content (AvgIpc) is 3.48. The highest BCUT2D eigenvalue weighted by Crippen LogP contribution is 2.35. The molecular weight excluding hydrogens is 408 g/mol. The van der Waals surface area contributed by atoms with Gasteiger partial charge in [0.25, 0.3) is 5.56 Å². The number of nitrogens with zero attached hydrogens (tertiary/aromatic N) is 4. The molecule has 1 aliphatic carbocycles. The van der Waals surface area contributed by atoms with Gasteiger partial charge in [-0.05, 0) is 37.1 Å². The number of nitrogens with two attached hydrogens (primary N) is 1. The van der Waals surface area contributed by atoms with Crippen LogP contribution in [0.4, 0.5) is 5.82 Å². The fraction of sp³-hybridized carbons (Fsp3) is 0.316. The summed E-state index contributed by atoms with van der Waals surface area (Å²) in [7, 11) is 3.39. The van der Waals surface area contributed by atoms with E-state index in [2.05, 4.69) is 15.2 Å². The van der Waals surface area contributed by atoms with Gasteiger partial charge in [0.1, 0.15) is 17.1 Å². The van der Waals surface area contributed by atoms with E-state index < -0.39 is 17.0 Å². The van der Waals surface area contributed by atoms with Gasteiger partial charge in [0.15, 0.2) is 16.8 Å². The fourth-order valence-electron chi connectivity index (χ4n) is 3.17. The number of carbonyl (C=O) groups excluding carboxylic acids is 1. The highest BCUT2D eigenvalue weighted by atomic mass is 32.2. The van der Waals surface area contributed by atoms with Gasteiger partial charge < -0.3 is 15.0 Å². The van der Waals surface area contributed by atoms with Gasteiger partial charge in [-0.2, -0.15) is 0 Å². The van der Waals surface area contributed by atoms with E-state index in [1.807, 2.05) is 24.3 Å². The number of benzene rings is 1. The molecule has 2 heterocycles. The lowest BCUT2D eigenvalue weighted by Crippen LogP contribution is -2.36. The van der Waals surface area contributed by atoms with Crippen LogP contribution in [-0.4, -0.2) is 43.0 Å². The van der Waals surface area contributed by atoms with E-state index in [1.54, 1.807) is 18.7 Å². The van der Waals surface area contributed by atoms with Crippen LogP contribution >= 0.6 is 11.8 Å². The topological polar surface area (TPSA) is 138 Å². The van der Waals surface area contributed by atoms with E-state index in [4.69, 9.17) is 10.5 Å². The van der Waals surface area contributed by atoms with Crippen LogP contribution in [0.2, 0.25) is 0 Å². The number of ether oxygens (including phenoxy) is 1. The number of hydrogen-bond acceptors (Lipinski definition) is 8. The minimum atomic E-state index is -0.767. The molecule has 3 N–H and O–H groups in total. The number of nitrogen functional groups attached to an aromatic ring is 1. The zero-order valence-electron chi connectivity index (χ0n) is 16.4.